The van der Waals surface area contributed by atoms with E-state index in [9.17, 15) is 0 Å². The number of nitrogens with zero attached hydrogens (tertiary/aromatic N) is 2. The van der Waals surface area contributed by atoms with E-state index in [4.69, 9.17) is 18.6 Å². The summed E-state index contributed by atoms with van der Waals surface area (Å²) in [5, 5.41) is 0. The van der Waals surface area contributed by atoms with Gasteiger partial charge in [-0.25, -0.2) is 0 Å². The first kappa shape index (κ1) is 18.1. The molecule has 3 heterocycles. The van der Waals surface area contributed by atoms with Crippen molar-refractivity contribution in [3.05, 3.63) is 12.4 Å². The van der Waals surface area contributed by atoms with Gasteiger partial charge in [-0.2, -0.15) is 0 Å². The van der Waals surface area contributed by atoms with Crippen LogP contribution in [-0.4, -0.2) is 59.6 Å². The topological polar surface area (TPSA) is 43.4 Å². The van der Waals surface area contributed by atoms with E-state index in [1.807, 2.05) is 12.4 Å². The van der Waals surface area contributed by atoms with Crippen LogP contribution in [0.4, 0.5) is 0 Å². The Labute approximate surface area is 146 Å². The number of hydrogen-bond donors (Lipinski definition) is 0. The largest absolute Gasteiger partial charge is 0.593 e. The summed E-state index contributed by atoms with van der Waals surface area (Å²) in [7, 11) is -0.710. The highest BCUT2D eigenvalue weighted by atomic mass is 16.7. The number of hydrogen-bond acceptors (Lipinski definition) is 6. The SMILES string of the molecule is CC1(C)OB(N2C=CN(B3OC(C)(C)C(C)(C)O3)CC2)OC1(C)C. The second-order valence-electron chi connectivity index (χ2n) is 8.90. The molecule has 0 aromatic carbocycles. The summed E-state index contributed by atoms with van der Waals surface area (Å²) in [6, 6.07) is 0. The highest BCUT2D eigenvalue weighted by molar-refractivity contribution is 6.43. The summed E-state index contributed by atoms with van der Waals surface area (Å²) >= 11 is 0. The van der Waals surface area contributed by atoms with Gasteiger partial charge in [0.1, 0.15) is 0 Å². The molecule has 0 aromatic heterocycles. The molecule has 0 radical (unpaired) electrons. The molecule has 3 aliphatic rings. The van der Waals surface area contributed by atoms with E-state index in [1.165, 1.54) is 0 Å². The zero-order chi connectivity index (χ0) is 18.0. The molecule has 6 nitrogen and oxygen atoms in total. The quantitative estimate of drug-likeness (QED) is 0.721. The Morgan fingerprint density at radius 2 is 0.833 bits per heavy atom. The molecule has 0 aromatic rings. The van der Waals surface area contributed by atoms with Crippen molar-refractivity contribution in [2.75, 3.05) is 13.1 Å². The molecule has 0 bridgehead atoms. The minimum Gasteiger partial charge on any atom is -0.384 e. The molecular formula is C16H30B2N2O4. The molecule has 0 atom stereocenters. The maximum Gasteiger partial charge on any atom is 0.593 e. The average molecular weight is 336 g/mol. The molecule has 0 N–H and O–H groups in total. The molecule has 2 fully saturated rings. The van der Waals surface area contributed by atoms with Crippen molar-refractivity contribution in [1.82, 2.24) is 9.62 Å². The molecule has 0 aliphatic carbocycles. The Hall–Kier alpha value is -0.690. The van der Waals surface area contributed by atoms with Gasteiger partial charge >= 0.3 is 14.5 Å². The summed E-state index contributed by atoms with van der Waals surface area (Å²) in [6.45, 7) is 18.1. The van der Waals surface area contributed by atoms with Crippen LogP contribution in [0.25, 0.3) is 0 Å². The van der Waals surface area contributed by atoms with Gasteiger partial charge in [0.25, 0.3) is 0 Å². The van der Waals surface area contributed by atoms with Crippen LogP contribution in [0.15, 0.2) is 12.4 Å². The Balaban J connectivity index is 1.64. The maximum atomic E-state index is 6.10. The molecule has 0 spiro atoms. The van der Waals surface area contributed by atoms with E-state index in [-0.39, 0.29) is 36.9 Å². The molecule has 0 unspecified atom stereocenters. The van der Waals surface area contributed by atoms with Crippen molar-refractivity contribution in [2.45, 2.75) is 77.8 Å². The third-order valence-electron chi connectivity index (χ3n) is 6.09. The molecule has 24 heavy (non-hydrogen) atoms. The molecule has 134 valence electrons. The zero-order valence-corrected chi connectivity index (χ0v) is 16.3. The van der Waals surface area contributed by atoms with Gasteiger partial charge in [-0.05, 0) is 55.4 Å². The molecule has 2 saturated heterocycles. The third kappa shape index (κ3) is 2.87. The van der Waals surface area contributed by atoms with Crippen molar-refractivity contribution in [1.29, 1.82) is 0 Å². The average Bonchev–Trinajstić information content (AvgIpc) is 2.79. The number of rotatable bonds is 2. The van der Waals surface area contributed by atoms with Gasteiger partial charge in [-0.15, -0.1) is 0 Å². The van der Waals surface area contributed by atoms with Crippen LogP contribution in [-0.2, 0) is 18.6 Å². The minimum absolute atomic E-state index is 0.325. The van der Waals surface area contributed by atoms with Crippen LogP contribution >= 0.6 is 0 Å². The fraction of sp³-hybridized carbons (Fsp3) is 0.875. The standard InChI is InChI=1S/C16H30B2N2O4/c1-13(2)14(3,4)22-17(21-13)19-9-11-20(12-10-19)18-23-15(5,6)16(7,8)24-18/h9,11H,10,12H2,1-8H3. The zero-order valence-electron chi connectivity index (χ0n) is 16.3. The van der Waals surface area contributed by atoms with Crippen LogP contribution < -0.4 is 0 Å². The van der Waals surface area contributed by atoms with Crippen LogP contribution in [0.5, 0.6) is 0 Å². The highest BCUT2D eigenvalue weighted by Crippen LogP contribution is 2.39. The van der Waals surface area contributed by atoms with Crippen molar-refractivity contribution < 1.29 is 18.6 Å². The fourth-order valence-corrected chi connectivity index (χ4v) is 2.80. The van der Waals surface area contributed by atoms with Gasteiger partial charge in [-0.1, -0.05) is 0 Å². The molecule has 0 amide bonds. The van der Waals surface area contributed by atoms with E-state index in [2.05, 4.69) is 65.0 Å². The van der Waals surface area contributed by atoms with Crippen LogP contribution in [0.3, 0.4) is 0 Å². The Morgan fingerprint density at radius 3 is 1.04 bits per heavy atom. The molecule has 3 aliphatic heterocycles. The van der Waals surface area contributed by atoms with Crippen LogP contribution in [0.2, 0.25) is 0 Å². The lowest BCUT2D eigenvalue weighted by atomic mass is 9.90. The first-order valence-electron chi connectivity index (χ1n) is 8.76. The normalized spacial score (nSPS) is 30.3. The minimum atomic E-state index is -0.355. The van der Waals surface area contributed by atoms with Gasteiger partial charge in [0.15, 0.2) is 0 Å². The van der Waals surface area contributed by atoms with E-state index in [0.717, 1.165) is 13.1 Å². The van der Waals surface area contributed by atoms with Gasteiger partial charge in [-0.3, -0.25) is 0 Å². The Morgan fingerprint density at radius 1 is 0.583 bits per heavy atom. The Bertz CT molecular complexity index is 458. The predicted octanol–water partition coefficient (Wildman–Crippen LogP) is 2.25. The summed E-state index contributed by atoms with van der Waals surface area (Å²) in [5.41, 5.74) is -1.30. The van der Waals surface area contributed by atoms with Gasteiger partial charge in [0.2, 0.25) is 0 Å². The molecule has 3 rings (SSSR count). The predicted molar refractivity (Wildman–Crippen MR) is 94.7 cm³/mol. The van der Waals surface area contributed by atoms with E-state index in [0.29, 0.717) is 0 Å². The second kappa shape index (κ2) is 5.40. The highest BCUT2D eigenvalue weighted by Gasteiger charge is 2.56. The summed E-state index contributed by atoms with van der Waals surface area (Å²) in [4.78, 5) is 4.16. The van der Waals surface area contributed by atoms with Crippen LogP contribution in [0, 0.1) is 0 Å². The molecule has 8 heteroatoms. The van der Waals surface area contributed by atoms with Gasteiger partial charge in [0, 0.05) is 25.5 Å². The fourth-order valence-electron chi connectivity index (χ4n) is 2.80. The van der Waals surface area contributed by atoms with E-state index < -0.39 is 0 Å². The summed E-state index contributed by atoms with van der Waals surface area (Å²) < 4.78 is 24.4. The van der Waals surface area contributed by atoms with E-state index >= 15 is 0 Å². The maximum absolute atomic E-state index is 6.10. The molecule has 0 saturated carbocycles. The molecular weight excluding hydrogens is 306 g/mol. The lowest BCUT2D eigenvalue weighted by Gasteiger charge is -2.33. The first-order valence-corrected chi connectivity index (χ1v) is 8.76. The lowest BCUT2D eigenvalue weighted by Crippen LogP contribution is -2.49. The van der Waals surface area contributed by atoms with Gasteiger partial charge < -0.3 is 28.2 Å². The summed E-state index contributed by atoms with van der Waals surface area (Å²) in [5.74, 6) is 0. The van der Waals surface area contributed by atoms with Crippen molar-refractivity contribution in [2.24, 2.45) is 0 Å². The third-order valence-corrected chi connectivity index (χ3v) is 6.09. The lowest BCUT2D eigenvalue weighted by molar-refractivity contribution is 0.00578. The first-order chi connectivity index (χ1) is 10.8. The van der Waals surface area contributed by atoms with Crippen molar-refractivity contribution in [3.8, 4) is 0 Å². The van der Waals surface area contributed by atoms with Crippen molar-refractivity contribution in [3.63, 3.8) is 0 Å². The summed E-state index contributed by atoms with van der Waals surface area (Å²) in [6.07, 6.45) is 3.99. The Kier molecular flexibility index (Phi) is 4.08. The smallest absolute Gasteiger partial charge is 0.384 e. The monoisotopic (exact) mass is 336 g/mol. The van der Waals surface area contributed by atoms with Gasteiger partial charge in [0.05, 0.1) is 22.4 Å². The van der Waals surface area contributed by atoms with Crippen molar-refractivity contribution >= 4 is 14.5 Å². The van der Waals surface area contributed by atoms with E-state index in [1.54, 1.807) is 0 Å². The second-order valence-corrected chi connectivity index (χ2v) is 8.90. The van der Waals surface area contributed by atoms with Crippen LogP contribution in [0.1, 0.15) is 55.4 Å².